The van der Waals surface area contributed by atoms with Crippen LogP contribution in [0.5, 0.6) is 0 Å². The van der Waals surface area contributed by atoms with Crippen molar-refractivity contribution in [3.05, 3.63) is 0 Å². The molecule has 0 spiro atoms. The lowest BCUT2D eigenvalue weighted by Crippen LogP contribution is -2.54. The zero-order valence-corrected chi connectivity index (χ0v) is 11.8. The summed E-state index contributed by atoms with van der Waals surface area (Å²) in [6, 6.07) is 0.578. The summed E-state index contributed by atoms with van der Waals surface area (Å²) < 4.78 is 0. The van der Waals surface area contributed by atoms with E-state index in [-0.39, 0.29) is 5.91 Å². The number of nitrogens with zero attached hydrogens (tertiary/aromatic N) is 2. The van der Waals surface area contributed by atoms with Gasteiger partial charge >= 0.3 is 0 Å². The van der Waals surface area contributed by atoms with Gasteiger partial charge < -0.3 is 10.6 Å². The quantitative estimate of drug-likeness (QED) is 0.822. The smallest absolute Gasteiger partial charge is 0.242 e. The number of hydrogen-bond acceptors (Lipinski definition) is 3. The Labute approximate surface area is 110 Å². The van der Waals surface area contributed by atoms with Crippen molar-refractivity contribution >= 4 is 5.91 Å². The van der Waals surface area contributed by atoms with Crippen LogP contribution in [-0.4, -0.2) is 53.5 Å². The van der Waals surface area contributed by atoms with Gasteiger partial charge in [-0.2, -0.15) is 0 Å². The van der Waals surface area contributed by atoms with E-state index in [0.29, 0.717) is 6.04 Å². The number of carbonyl (C=O) groups excluding carboxylic acids is 1. The standard InChI is InChI=1S/C14H27N3O/c1-3-7-14(2,15)13(18)17-10-5-9-16-8-4-6-12(16)11-17/h12H,3-11,15H2,1-2H3. The van der Waals surface area contributed by atoms with Gasteiger partial charge in [0.25, 0.3) is 0 Å². The molecule has 2 heterocycles. The molecule has 0 bridgehead atoms. The zero-order chi connectivity index (χ0) is 13.2. The fourth-order valence-electron chi connectivity index (χ4n) is 3.38. The molecule has 104 valence electrons. The first-order chi connectivity index (χ1) is 8.54. The number of nitrogens with two attached hydrogens (primary N) is 1. The average molecular weight is 253 g/mol. The van der Waals surface area contributed by atoms with Gasteiger partial charge in [-0.1, -0.05) is 13.3 Å². The monoisotopic (exact) mass is 253 g/mol. The third-order valence-electron chi connectivity index (χ3n) is 4.35. The molecule has 0 aliphatic carbocycles. The molecule has 18 heavy (non-hydrogen) atoms. The van der Waals surface area contributed by atoms with Crippen molar-refractivity contribution in [2.24, 2.45) is 5.73 Å². The second kappa shape index (κ2) is 5.57. The maximum Gasteiger partial charge on any atom is 0.242 e. The summed E-state index contributed by atoms with van der Waals surface area (Å²) in [5.74, 6) is 0.151. The third-order valence-corrected chi connectivity index (χ3v) is 4.35. The second-order valence-corrected chi connectivity index (χ2v) is 6.10. The topological polar surface area (TPSA) is 49.6 Å². The largest absolute Gasteiger partial charge is 0.339 e. The Kier molecular flexibility index (Phi) is 4.28. The SMILES string of the molecule is CCCC(C)(N)C(=O)N1CCCN2CCCC2C1. The lowest BCUT2D eigenvalue weighted by molar-refractivity contribution is -0.137. The fraction of sp³-hybridized carbons (Fsp3) is 0.929. The van der Waals surface area contributed by atoms with Crippen LogP contribution in [0.4, 0.5) is 0 Å². The molecular formula is C14H27N3O. The molecule has 2 aliphatic heterocycles. The van der Waals surface area contributed by atoms with Crippen LogP contribution < -0.4 is 5.73 Å². The molecule has 1 amide bonds. The highest BCUT2D eigenvalue weighted by molar-refractivity contribution is 5.85. The van der Waals surface area contributed by atoms with Gasteiger partial charge in [-0.15, -0.1) is 0 Å². The molecule has 0 aromatic carbocycles. The first-order valence-electron chi connectivity index (χ1n) is 7.37. The zero-order valence-electron chi connectivity index (χ0n) is 11.8. The highest BCUT2D eigenvalue weighted by Crippen LogP contribution is 2.23. The van der Waals surface area contributed by atoms with Gasteiger partial charge in [0, 0.05) is 25.7 Å². The molecule has 2 atom stereocenters. The third kappa shape index (κ3) is 2.86. The first-order valence-corrected chi connectivity index (χ1v) is 7.37. The minimum absolute atomic E-state index is 0.151. The summed E-state index contributed by atoms with van der Waals surface area (Å²) in [6.07, 6.45) is 5.34. The molecule has 4 nitrogen and oxygen atoms in total. The van der Waals surface area contributed by atoms with Gasteiger partial charge in [-0.3, -0.25) is 9.69 Å². The molecule has 2 rings (SSSR count). The summed E-state index contributed by atoms with van der Waals surface area (Å²) in [5, 5.41) is 0. The lowest BCUT2D eigenvalue weighted by atomic mass is 9.95. The summed E-state index contributed by atoms with van der Waals surface area (Å²) in [6.45, 7) is 8.08. The molecule has 0 aromatic rings. The van der Waals surface area contributed by atoms with Crippen molar-refractivity contribution in [2.45, 2.75) is 57.5 Å². The van der Waals surface area contributed by atoms with Crippen molar-refractivity contribution < 1.29 is 4.79 Å². The van der Waals surface area contributed by atoms with Crippen molar-refractivity contribution in [3.8, 4) is 0 Å². The van der Waals surface area contributed by atoms with Crippen LogP contribution in [0.15, 0.2) is 0 Å². The molecule has 2 aliphatic rings. The molecular weight excluding hydrogens is 226 g/mol. The van der Waals surface area contributed by atoms with E-state index in [9.17, 15) is 4.79 Å². The summed E-state index contributed by atoms with van der Waals surface area (Å²) >= 11 is 0. The summed E-state index contributed by atoms with van der Waals surface area (Å²) in [7, 11) is 0. The fourth-order valence-corrected chi connectivity index (χ4v) is 3.38. The molecule has 2 N–H and O–H groups in total. The van der Waals surface area contributed by atoms with Crippen LogP contribution >= 0.6 is 0 Å². The molecule has 0 aromatic heterocycles. The van der Waals surface area contributed by atoms with E-state index >= 15 is 0 Å². The van der Waals surface area contributed by atoms with E-state index in [1.807, 2.05) is 11.8 Å². The Morgan fingerprint density at radius 2 is 2.06 bits per heavy atom. The number of rotatable bonds is 3. The molecule has 2 fully saturated rings. The minimum Gasteiger partial charge on any atom is -0.339 e. The van der Waals surface area contributed by atoms with Crippen molar-refractivity contribution in [1.82, 2.24) is 9.80 Å². The number of carbonyl (C=O) groups is 1. The van der Waals surface area contributed by atoms with Crippen LogP contribution in [-0.2, 0) is 4.79 Å². The Morgan fingerprint density at radius 3 is 2.78 bits per heavy atom. The first kappa shape index (κ1) is 13.8. The van der Waals surface area contributed by atoms with Gasteiger partial charge in [0.05, 0.1) is 5.54 Å². The van der Waals surface area contributed by atoms with Crippen molar-refractivity contribution in [1.29, 1.82) is 0 Å². The van der Waals surface area contributed by atoms with Gasteiger partial charge in [-0.25, -0.2) is 0 Å². The minimum atomic E-state index is -0.678. The average Bonchev–Trinajstić information content (AvgIpc) is 2.65. The molecule has 0 radical (unpaired) electrons. The highest BCUT2D eigenvalue weighted by atomic mass is 16.2. The van der Waals surface area contributed by atoms with Crippen LogP contribution in [0.1, 0.15) is 46.0 Å². The van der Waals surface area contributed by atoms with E-state index in [4.69, 9.17) is 5.73 Å². The molecule has 2 unspecified atom stereocenters. The van der Waals surface area contributed by atoms with Gasteiger partial charge in [-0.05, 0) is 39.2 Å². The van der Waals surface area contributed by atoms with Gasteiger partial charge in [0.2, 0.25) is 5.91 Å². The Bertz CT molecular complexity index is 303. The van der Waals surface area contributed by atoms with Crippen molar-refractivity contribution in [2.75, 3.05) is 26.2 Å². The Hall–Kier alpha value is -0.610. The van der Waals surface area contributed by atoms with E-state index in [0.717, 1.165) is 38.9 Å². The summed E-state index contributed by atoms with van der Waals surface area (Å²) in [5.41, 5.74) is 5.51. The van der Waals surface area contributed by atoms with Crippen LogP contribution in [0, 0.1) is 0 Å². The Morgan fingerprint density at radius 1 is 1.33 bits per heavy atom. The predicted molar refractivity (Wildman–Crippen MR) is 73.3 cm³/mol. The molecule has 0 saturated carbocycles. The normalized spacial score (nSPS) is 28.6. The van der Waals surface area contributed by atoms with E-state index in [2.05, 4.69) is 11.8 Å². The number of fused-ring (bicyclic) bond motifs is 1. The van der Waals surface area contributed by atoms with Gasteiger partial charge in [0.15, 0.2) is 0 Å². The number of hydrogen-bond donors (Lipinski definition) is 1. The van der Waals surface area contributed by atoms with E-state index in [1.165, 1.54) is 19.4 Å². The van der Waals surface area contributed by atoms with Gasteiger partial charge in [0.1, 0.15) is 0 Å². The maximum atomic E-state index is 12.5. The Balaban J connectivity index is 2.01. The van der Waals surface area contributed by atoms with Crippen molar-refractivity contribution in [3.63, 3.8) is 0 Å². The van der Waals surface area contributed by atoms with Crippen LogP contribution in [0.2, 0.25) is 0 Å². The van der Waals surface area contributed by atoms with Crippen LogP contribution in [0.3, 0.4) is 0 Å². The van der Waals surface area contributed by atoms with E-state index in [1.54, 1.807) is 0 Å². The van der Waals surface area contributed by atoms with E-state index < -0.39 is 5.54 Å². The molecule has 2 saturated heterocycles. The maximum absolute atomic E-state index is 12.5. The summed E-state index contributed by atoms with van der Waals surface area (Å²) in [4.78, 5) is 17.1. The highest BCUT2D eigenvalue weighted by Gasteiger charge is 2.36. The molecule has 4 heteroatoms. The second-order valence-electron chi connectivity index (χ2n) is 6.10. The predicted octanol–water partition coefficient (Wildman–Crippen LogP) is 1.20. The lowest BCUT2D eigenvalue weighted by Gasteiger charge is -2.32. The number of amides is 1. The van der Waals surface area contributed by atoms with Crippen LogP contribution in [0.25, 0.3) is 0 Å².